The number of likely N-dealkylation sites (N-methyl/N-ethyl adjacent to an activating group) is 1. The largest absolute Gasteiger partial charge is 0.469 e. The third-order valence-corrected chi connectivity index (χ3v) is 8.49. The molecule has 0 spiro atoms. The van der Waals surface area contributed by atoms with Gasteiger partial charge in [-0.25, -0.2) is 12.7 Å². The second-order valence-corrected chi connectivity index (χ2v) is 10.9. The lowest BCUT2D eigenvalue weighted by Crippen LogP contribution is -2.52. The molecule has 0 saturated carbocycles. The fourth-order valence-electron chi connectivity index (χ4n) is 4.70. The quantitative estimate of drug-likeness (QED) is 0.452. The predicted molar refractivity (Wildman–Crippen MR) is 141 cm³/mol. The summed E-state index contributed by atoms with van der Waals surface area (Å²) in [5, 5.41) is 3.51. The van der Waals surface area contributed by atoms with Crippen molar-refractivity contribution in [3.8, 4) is 0 Å². The molecule has 7 nitrogen and oxygen atoms in total. The average Bonchev–Trinajstić information content (AvgIpc) is 2.87. The number of ether oxygens (including phenoxy) is 1. The Labute approximate surface area is 216 Å². The zero-order valence-corrected chi connectivity index (χ0v) is 22.4. The van der Waals surface area contributed by atoms with E-state index in [0.29, 0.717) is 11.4 Å². The maximum atomic E-state index is 13.1. The molecule has 0 aromatic heterocycles. The number of carbonyl (C=O) groups excluding carboxylic acids is 1. The second kappa shape index (κ2) is 13.9. The highest BCUT2D eigenvalue weighted by atomic mass is 35.5. The zero-order chi connectivity index (χ0) is 24.6. The van der Waals surface area contributed by atoms with Crippen LogP contribution < -0.4 is 5.32 Å². The molecule has 2 aromatic carbocycles. The van der Waals surface area contributed by atoms with Crippen molar-refractivity contribution in [2.75, 3.05) is 40.3 Å². The number of hydrogen-bond donors (Lipinski definition) is 1. The van der Waals surface area contributed by atoms with E-state index >= 15 is 0 Å². The number of piperidine rings is 1. The molecule has 9 heteroatoms. The molecule has 1 N–H and O–H groups in total. The highest BCUT2D eigenvalue weighted by Gasteiger charge is 2.33. The molecule has 1 aliphatic rings. The van der Waals surface area contributed by atoms with Crippen LogP contribution in [0.3, 0.4) is 0 Å². The Kier molecular flexibility index (Phi) is 11.7. The van der Waals surface area contributed by atoms with Crippen molar-refractivity contribution in [1.29, 1.82) is 0 Å². The Hall–Kier alpha value is -1.97. The zero-order valence-electron chi connectivity index (χ0n) is 20.8. The highest BCUT2D eigenvalue weighted by Crippen LogP contribution is 2.27. The number of carbonyl (C=O) groups is 1. The molecule has 0 aliphatic carbocycles. The van der Waals surface area contributed by atoms with Crippen LogP contribution in [0.4, 0.5) is 0 Å². The predicted octanol–water partition coefficient (Wildman–Crippen LogP) is 3.72. The number of benzene rings is 2. The topological polar surface area (TPSA) is 79.0 Å². The van der Waals surface area contributed by atoms with Gasteiger partial charge in [0.05, 0.1) is 24.1 Å². The molecule has 194 valence electrons. The van der Waals surface area contributed by atoms with Crippen molar-refractivity contribution in [2.24, 2.45) is 5.92 Å². The van der Waals surface area contributed by atoms with Crippen molar-refractivity contribution >= 4 is 28.4 Å². The SMILES string of the molecule is CCNC1CC(C(=O)OC)CCN1CCC(CN(C)S(=O)(=O)c1ccccc1)c1ccccc1.Cl. The first kappa shape index (κ1) is 29.3. The van der Waals surface area contributed by atoms with Gasteiger partial charge in [0.1, 0.15) is 0 Å². The number of methoxy groups -OCH3 is 1. The van der Waals surface area contributed by atoms with Crippen molar-refractivity contribution in [3.05, 3.63) is 66.2 Å². The third kappa shape index (κ3) is 7.75. The van der Waals surface area contributed by atoms with Crippen LogP contribution in [0.5, 0.6) is 0 Å². The van der Waals surface area contributed by atoms with Crippen LogP contribution in [-0.2, 0) is 19.6 Å². The number of esters is 1. The number of rotatable bonds is 11. The van der Waals surface area contributed by atoms with Gasteiger partial charge in [0.15, 0.2) is 0 Å². The Morgan fingerprint density at radius 2 is 1.77 bits per heavy atom. The Morgan fingerprint density at radius 3 is 2.37 bits per heavy atom. The minimum atomic E-state index is -3.57. The first-order valence-electron chi connectivity index (χ1n) is 12.0. The first-order chi connectivity index (χ1) is 16.4. The van der Waals surface area contributed by atoms with Crippen LogP contribution in [0.15, 0.2) is 65.6 Å². The number of nitrogens with zero attached hydrogens (tertiary/aromatic N) is 2. The van der Waals surface area contributed by atoms with E-state index in [1.807, 2.05) is 24.3 Å². The normalized spacial score (nSPS) is 19.7. The number of likely N-dealkylation sites (tertiary alicyclic amines) is 1. The molecule has 0 bridgehead atoms. The van der Waals surface area contributed by atoms with Gasteiger partial charge in [-0.05, 0) is 49.4 Å². The van der Waals surface area contributed by atoms with E-state index in [1.165, 1.54) is 11.4 Å². The van der Waals surface area contributed by atoms with Gasteiger partial charge in [-0.3, -0.25) is 9.69 Å². The molecule has 35 heavy (non-hydrogen) atoms. The van der Waals surface area contributed by atoms with Crippen LogP contribution >= 0.6 is 12.4 Å². The summed E-state index contributed by atoms with van der Waals surface area (Å²) in [4.78, 5) is 14.8. The molecule has 0 radical (unpaired) electrons. The van der Waals surface area contributed by atoms with Gasteiger partial charge in [-0.2, -0.15) is 0 Å². The van der Waals surface area contributed by atoms with Crippen LogP contribution in [0.2, 0.25) is 0 Å². The Bertz CT molecular complexity index is 1010. The lowest BCUT2D eigenvalue weighted by atomic mass is 9.92. The first-order valence-corrected chi connectivity index (χ1v) is 13.4. The number of sulfonamides is 1. The number of hydrogen-bond acceptors (Lipinski definition) is 6. The molecule has 3 atom stereocenters. The summed E-state index contributed by atoms with van der Waals surface area (Å²) in [7, 11) is -0.468. The molecule has 1 saturated heterocycles. The second-order valence-electron chi connectivity index (χ2n) is 8.85. The van der Waals surface area contributed by atoms with Gasteiger partial charge in [-0.15, -0.1) is 12.4 Å². The monoisotopic (exact) mass is 523 g/mol. The maximum Gasteiger partial charge on any atom is 0.308 e. The van der Waals surface area contributed by atoms with E-state index < -0.39 is 10.0 Å². The molecule has 1 aliphatic heterocycles. The fraction of sp³-hybridized carbons (Fsp3) is 0.500. The van der Waals surface area contributed by atoms with Crippen LogP contribution in [-0.4, -0.2) is 70.1 Å². The van der Waals surface area contributed by atoms with Crippen LogP contribution in [0, 0.1) is 5.92 Å². The van der Waals surface area contributed by atoms with E-state index in [0.717, 1.165) is 44.5 Å². The Balaban J connectivity index is 0.00000432. The number of nitrogens with one attached hydrogen (secondary N) is 1. The van der Waals surface area contributed by atoms with Crippen molar-refractivity contribution in [3.63, 3.8) is 0 Å². The molecule has 3 unspecified atom stereocenters. The lowest BCUT2D eigenvalue weighted by molar-refractivity contribution is -0.148. The molecular formula is C26H38ClN3O4S. The number of halogens is 1. The molecule has 3 rings (SSSR count). The van der Waals surface area contributed by atoms with Crippen molar-refractivity contribution in [1.82, 2.24) is 14.5 Å². The summed E-state index contributed by atoms with van der Waals surface area (Å²) in [6.07, 6.45) is 2.40. The summed E-state index contributed by atoms with van der Waals surface area (Å²) in [5.41, 5.74) is 1.13. The molecular weight excluding hydrogens is 486 g/mol. The summed E-state index contributed by atoms with van der Waals surface area (Å²) in [6.45, 7) is 4.89. The third-order valence-electron chi connectivity index (χ3n) is 6.65. The standard InChI is InChI=1S/C26H37N3O4S.ClH/c1-4-27-25-19-22(26(30)33-3)15-17-29(25)18-16-23(21-11-7-5-8-12-21)20-28(2)34(31,32)24-13-9-6-10-14-24;/h5-14,22-23,25,27H,4,15-20H2,1-3H3;1H. The highest BCUT2D eigenvalue weighted by molar-refractivity contribution is 7.89. The average molecular weight is 524 g/mol. The summed E-state index contributed by atoms with van der Waals surface area (Å²) in [5.74, 6) is -0.180. The summed E-state index contributed by atoms with van der Waals surface area (Å²) >= 11 is 0. The molecule has 1 fully saturated rings. The minimum absolute atomic E-state index is 0. The fourth-order valence-corrected chi connectivity index (χ4v) is 5.94. The van der Waals surface area contributed by atoms with Crippen molar-refractivity contribution < 1.29 is 17.9 Å². The Morgan fingerprint density at radius 1 is 1.14 bits per heavy atom. The maximum absolute atomic E-state index is 13.1. The van der Waals surface area contributed by atoms with E-state index in [-0.39, 0.29) is 36.4 Å². The van der Waals surface area contributed by atoms with Gasteiger partial charge < -0.3 is 10.1 Å². The van der Waals surface area contributed by atoms with Gasteiger partial charge in [0.2, 0.25) is 10.0 Å². The van der Waals surface area contributed by atoms with Gasteiger partial charge in [-0.1, -0.05) is 55.5 Å². The van der Waals surface area contributed by atoms with Crippen LogP contribution in [0.25, 0.3) is 0 Å². The van der Waals surface area contributed by atoms with Crippen molar-refractivity contribution in [2.45, 2.75) is 43.2 Å². The molecule has 2 aromatic rings. The van der Waals surface area contributed by atoms with Gasteiger partial charge in [0, 0.05) is 26.7 Å². The minimum Gasteiger partial charge on any atom is -0.469 e. The van der Waals surface area contributed by atoms with E-state index in [1.54, 1.807) is 31.3 Å². The van der Waals surface area contributed by atoms with Gasteiger partial charge >= 0.3 is 5.97 Å². The summed E-state index contributed by atoms with van der Waals surface area (Å²) < 4.78 is 32.7. The van der Waals surface area contributed by atoms with Gasteiger partial charge in [0.25, 0.3) is 0 Å². The van der Waals surface area contributed by atoms with E-state index in [2.05, 4.69) is 29.3 Å². The van der Waals surface area contributed by atoms with Crippen LogP contribution in [0.1, 0.15) is 37.7 Å². The molecule has 0 amide bonds. The van der Waals surface area contributed by atoms with E-state index in [4.69, 9.17) is 4.74 Å². The smallest absolute Gasteiger partial charge is 0.308 e. The molecule has 1 heterocycles. The summed E-state index contributed by atoms with van der Waals surface area (Å²) in [6, 6.07) is 18.7. The van der Waals surface area contributed by atoms with E-state index in [9.17, 15) is 13.2 Å². The lowest BCUT2D eigenvalue weighted by Gasteiger charge is -2.39.